The Kier molecular flexibility index (Phi) is 8.94. The van der Waals surface area contributed by atoms with Crippen LogP contribution in [0, 0.1) is 0 Å². The SMILES string of the molecule is O=C(Nc1c(Br)cc(Cl)cc1/C=C(\F)C(S)N1CCCCC1)c1cc(Br)nn1-c1ncccc1Cl. The fraction of sp³-hybridized carbons (Fsp3) is 0.261. The van der Waals surface area contributed by atoms with Gasteiger partial charge in [0.1, 0.15) is 21.5 Å². The minimum atomic E-state index is -0.680. The molecule has 3 heterocycles. The van der Waals surface area contributed by atoms with Crippen molar-refractivity contribution in [1.29, 1.82) is 0 Å². The summed E-state index contributed by atoms with van der Waals surface area (Å²) in [6.45, 7) is 1.57. The third-order valence-corrected chi connectivity index (χ3v) is 7.55. The number of anilines is 1. The number of nitrogens with zero attached hydrogens (tertiary/aromatic N) is 4. The van der Waals surface area contributed by atoms with Gasteiger partial charge >= 0.3 is 0 Å². The molecule has 184 valence electrons. The second-order valence-corrected chi connectivity index (χ2v) is 10.9. The molecule has 1 saturated heterocycles. The third kappa shape index (κ3) is 6.29. The van der Waals surface area contributed by atoms with E-state index in [0.717, 1.165) is 32.4 Å². The Morgan fingerprint density at radius 1 is 1.20 bits per heavy atom. The van der Waals surface area contributed by atoms with Crippen molar-refractivity contribution in [2.75, 3.05) is 18.4 Å². The highest BCUT2D eigenvalue weighted by Gasteiger charge is 2.23. The summed E-state index contributed by atoms with van der Waals surface area (Å²) in [6.07, 6.45) is 6.06. The standard InChI is InChI=1S/C23H20Br2Cl2FN5OS/c24-15-11-14(26)9-13(10-17(28)23(35)32-7-2-1-3-8-32)20(15)30-22(34)18-12-19(25)31-33(18)21-16(27)5-4-6-29-21/h4-6,9-12,23,35H,1-3,7-8H2,(H,30,34)/b17-10-. The van der Waals surface area contributed by atoms with Crippen LogP contribution in [0.1, 0.15) is 35.3 Å². The molecule has 0 saturated carbocycles. The number of amides is 1. The molecular weight excluding hydrogens is 644 g/mol. The highest BCUT2D eigenvalue weighted by atomic mass is 79.9. The molecule has 6 nitrogen and oxygen atoms in total. The van der Waals surface area contributed by atoms with E-state index < -0.39 is 17.1 Å². The van der Waals surface area contributed by atoms with Crippen LogP contribution >= 0.6 is 67.7 Å². The maximum Gasteiger partial charge on any atom is 0.274 e. The van der Waals surface area contributed by atoms with Crippen LogP contribution in [0.5, 0.6) is 0 Å². The quantitative estimate of drug-likeness (QED) is 0.270. The van der Waals surface area contributed by atoms with Crippen LogP contribution in [0.2, 0.25) is 10.0 Å². The van der Waals surface area contributed by atoms with E-state index in [4.69, 9.17) is 23.2 Å². The average molecular weight is 664 g/mol. The predicted octanol–water partition coefficient (Wildman–Crippen LogP) is 7.40. The summed E-state index contributed by atoms with van der Waals surface area (Å²) in [6, 6.07) is 8.08. The molecule has 0 bridgehead atoms. The first kappa shape index (κ1) is 26.6. The minimum absolute atomic E-state index is 0.176. The van der Waals surface area contributed by atoms with Gasteiger partial charge in [0.15, 0.2) is 5.82 Å². The van der Waals surface area contributed by atoms with Gasteiger partial charge in [0.2, 0.25) is 0 Å². The number of nitrogens with one attached hydrogen (secondary N) is 1. The van der Waals surface area contributed by atoms with Gasteiger partial charge in [-0.15, -0.1) is 0 Å². The summed E-state index contributed by atoms with van der Waals surface area (Å²) in [5, 5.41) is 7.17. The second kappa shape index (κ2) is 11.7. The lowest BCUT2D eigenvalue weighted by molar-refractivity contribution is 0.101. The number of thiol groups is 1. The summed E-state index contributed by atoms with van der Waals surface area (Å²) in [5.41, 5.74) is 0.923. The molecule has 4 rings (SSSR count). The van der Waals surface area contributed by atoms with E-state index in [0.29, 0.717) is 36.2 Å². The molecule has 1 aliphatic heterocycles. The van der Waals surface area contributed by atoms with Crippen molar-refractivity contribution >= 4 is 85.4 Å². The molecular formula is C23H20Br2Cl2FN5OS. The van der Waals surface area contributed by atoms with E-state index >= 15 is 4.39 Å². The highest BCUT2D eigenvalue weighted by molar-refractivity contribution is 9.10. The van der Waals surface area contributed by atoms with Crippen molar-refractivity contribution in [1.82, 2.24) is 19.7 Å². The van der Waals surface area contributed by atoms with E-state index in [9.17, 15) is 4.79 Å². The number of rotatable bonds is 6. The summed E-state index contributed by atoms with van der Waals surface area (Å²) in [5.74, 6) is -0.639. The van der Waals surface area contributed by atoms with Gasteiger partial charge in [0, 0.05) is 27.3 Å². The second-order valence-electron chi connectivity index (χ2n) is 7.88. The number of hydrogen-bond donors (Lipinski definition) is 2. The Morgan fingerprint density at radius 2 is 1.94 bits per heavy atom. The van der Waals surface area contributed by atoms with Gasteiger partial charge < -0.3 is 5.32 Å². The molecule has 12 heteroatoms. The Hall–Kier alpha value is -1.43. The largest absolute Gasteiger partial charge is 0.319 e. The number of carbonyl (C=O) groups is 1. The molecule has 35 heavy (non-hydrogen) atoms. The van der Waals surface area contributed by atoms with Crippen LogP contribution in [0.15, 0.2) is 51.4 Å². The Bertz CT molecular complexity index is 1280. The Balaban J connectivity index is 1.67. The smallest absolute Gasteiger partial charge is 0.274 e. The van der Waals surface area contributed by atoms with Crippen molar-refractivity contribution in [3.8, 4) is 5.82 Å². The van der Waals surface area contributed by atoms with Gasteiger partial charge in [-0.05, 0) is 88.1 Å². The Labute approximate surface area is 234 Å². The van der Waals surface area contributed by atoms with Gasteiger partial charge in [0.25, 0.3) is 5.91 Å². The molecule has 1 fully saturated rings. The molecule has 2 aromatic heterocycles. The fourth-order valence-electron chi connectivity index (χ4n) is 3.79. The number of likely N-dealkylation sites (tertiary alicyclic amines) is 1. The van der Waals surface area contributed by atoms with E-state index in [1.807, 2.05) is 4.90 Å². The fourth-order valence-corrected chi connectivity index (χ4v) is 5.60. The van der Waals surface area contributed by atoms with Crippen molar-refractivity contribution < 1.29 is 9.18 Å². The maximum absolute atomic E-state index is 15.2. The zero-order chi connectivity index (χ0) is 25.1. The van der Waals surface area contributed by atoms with Crippen molar-refractivity contribution in [2.24, 2.45) is 0 Å². The van der Waals surface area contributed by atoms with Gasteiger partial charge in [-0.1, -0.05) is 29.6 Å². The van der Waals surface area contributed by atoms with Gasteiger partial charge in [0.05, 0.1) is 10.7 Å². The first-order chi connectivity index (χ1) is 16.7. The highest BCUT2D eigenvalue weighted by Crippen LogP contribution is 2.34. The number of pyridine rings is 1. The average Bonchev–Trinajstić information content (AvgIpc) is 3.23. The van der Waals surface area contributed by atoms with Crippen LogP contribution in [0.3, 0.4) is 0 Å². The number of benzene rings is 1. The van der Waals surface area contributed by atoms with Gasteiger partial charge in [-0.3, -0.25) is 9.69 Å². The number of piperidine rings is 1. The van der Waals surface area contributed by atoms with Crippen LogP contribution in [0.25, 0.3) is 11.9 Å². The van der Waals surface area contributed by atoms with Crippen LogP contribution in [-0.4, -0.2) is 44.0 Å². The molecule has 0 aliphatic carbocycles. The molecule has 0 spiro atoms. The summed E-state index contributed by atoms with van der Waals surface area (Å²) in [4.78, 5) is 19.6. The van der Waals surface area contributed by atoms with E-state index in [2.05, 4.69) is 59.9 Å². The third-order valence-electron chi connectivity index (χ3n) is 5.45. The molecule has 1 unspecified atom stereocenters. The normalized spacial score (nSPS) is 15.8. The number of halogens is 5. The maximum atomic E-state index is 15.2. The zero-order valence-corrected chi connectivity index (χ0v) is 23.8. The first-order valence-electron chi connectivity index (χ1n) is 10.7. The van der Waals surface area contributed by atoms with Crippen molar-refractivity contribution in [3.05, 3.63) is 72.7 Å². The summed E-state index contributed by atoms with van der Waals surface area (Å²) >= 11 is 23.7. The van der Waals surface area contributed by atoms with Crippen molar-refractivity contribution in [3.63, 3.8) is 0 Å². The lowest BCUT2D eigenvalue weighted by atomic mass is 10.1. The van der Waals surface area contributed by atoms with Crippen LogP contribution < -0.4 is 5.32 Å². The van der Waals surface area contributed by atoms with Crippen molar-refractivity contribution in [2.45, 2.75) is 24.6 Å². The monoisotopic (exact) mass is 661 g/mol. The lowest BCUT2D eigenvalue weighted by Gasteiger charge is -2.30. The van der Waals surface area contributed by atoms with E-state index in [1.165, 1.54) is 10.8 Å². The van der Waals surface area contributed by atoms with Crippen LogP contribution in [0.4, 0.5) is 10.1 Å². The lowest BCUT2D eigenvalue weighted by Crippen LogP contribution is -2.36. The summed E-state index contributed by atoms with van der Waals surface area (Å²) in [7, 11) is 0. The molecule has 1 amide bonds. The zero-order valence-electron chi connectivity index (χ0n) is 18.2. The van der Waals surface area contributed by atoms with Crippen LogP contribution in [-0.2, 0) is 0 Å². The van der Waals surface area contributed by atoms with E-state index in [1.54, 1.807) is 36.5 Å². The molecule has 1 aromatic carbocycles. The number of carbonyl (C=O) groups excluding carboxylic acids is 1. The summed E-state index contributed by atoms with van der Waals surface area (Å²) < 4.78 is 17.5. The first-order valence-corrected chi connectivity index (χ1v) is 13.6. The molecule has 3 aromatic rings. The predicted molar refractivity (Wildman–Crippen MR) is 148 cm³/mol. The minimum Gasteiger partial charge on any atom is -0.319 e. The number of hydrogen-bond acceptors (Lipinski definition) is 5. The molecule has 0 radical (unpaired) electrons. The molecule has 1 atom stereocenters. The topological polar surface area (TPSA) is 63.1 Å². The molecule has 1 N–H and O–H groups in total. The van der Waals surface area contributed by atoms with Gasteiger partial charge in [-0.2, -0.15) is 17.7 Å². The van der Waals surface area contributed by atoms with E-state index in [-0.39, 0.29) is 5.69 Å². The Morgan fingerprint density at radius 3 is 2.66 bits per heavy atom. The molecule has 1 aliphatic rings. The number of aromatic nitrogens is 3. The van der Waals surface area contributed by atoms with Gasteiger partial charge in [-0.25, -0.2) is 14.1 Å².